The second kappa shape index (κ2) is 12.0. The zero-order valence-electron chi connectivity index (χ0n) is 21.0. The highest BCUT2D eigenvalue weighted by molar-refractivity contribution is 7.09. The van der Waals surface area contributed by atoms with Crippen LogP contribution in [0, 0.1) is 13.8 Å². The van der Waals surface area contributed by atoms with Crippen LogP contribution in [0.1, 0.15) is 57.9 Å². The Morgan fingerprint density at radius 2 is 1.58 bits per heavy atom. The lowest BCUT2D eigenvalue weighted by Crippen LogP contribution is -2.44. The number of ether oxygens (including phenoxy) is 2. The van der Waals surface area contributed by atoms with Gasteiger partial charge < -0.3 is 20.1 Å². The van der Waals surface area contributed by atoms with E-state index in [1.807, 2.05) is 50.2 Å². The lowest BCUT2D eigenvalue weighted by molar-refractivity contribution is -0.121. The first kappa shape index (κ1) is 25.7. The van der Waals surface area contributed by atoms with Gasteiger partial charge >= 0.3 is 0 Å². The van der Waals surface area contributed by atoms with E-state index in [4.69, 9.17) is 9.47 Å². The number of carbonyl (C=O) groups is 2. The van der Waals surface area contributed by atoms with Crippen molar-refractivity contribution in [2.45, 2.75) is 64.6 Å². The molecule has 8 heteroatoms. The molecule has 1 heterocycles. The average Bonchev–Trinajstić information content (AvgIpc) is 3.33. The van der Waals surface area contributed by atoms with E-state index in [2.05, 4.69) is 21.7 Å². The predicted molar refractivity (Wildman–Crippen MR) is 141 cm³/mol. The number of benzene rings is 2. The standard InChI is InChI=1S/C28H33N3O4S/c1-18-12-19(2)14-24(13-18)35-16-27-31-25(17-36-27)28(33)30-22-8-6-21(7-9-22)29-26(32)15-20-4-10-23(34-3)11-5-20/h4-5,10-14,17,21-22H,6-9,15-16H2,1-3H3,(H,29,32)(H,30,33). The van der Waals surface area contributed by atoms with Crippen LogP contribution in [0.25, 0.3) is 0 Å². The minimum atomic E-state index is -0.157. The molecule has 0 aliphatic heterocycles. The van der Waals surface area contributed by atoms with E-state index >= 15 is 0 Å². The molecule has 0 radical (unpaired) electrons. The maximum absolute atomic E-state index is 12.7. The van der Waals surface area contributed by atoms with Crippen LogP contribution >= 0.6 is 11.3 Å². The molecule has 36 heavy (non-hydrogen) atoms. The summed E-state index contributed by atoms with van der Waals surface area (Å²) in [7, 11) is 1.62. The zero-order chi connectivity index (χ0) is 25.5. The van der Waals surface area contributed by atoms with Gasteiger partial charge in [0.15, 0.2) is 0 Å². The van der Waals surface area contributed by atoms with Gasteiger partial charge in [-0.15, -0.1) is 11.3 Å². The van der Waals surface area contributed by atoms with Gasteiger partial charge in [0.2, 0.25) is 5.91 Å². The fourth-order valence-electron chi connectivity index (χ4n) is 4.49. The number of nitrogens with zero attached hydrogens (tertiary/aromatic N) is 1. The second-order valence-electron chi connectivity index (χ2n) is 9.35. The van der Waals surface area contributed by atoms with Gasteiger partial charge in [0, 0.05) is 17.5 Å². The van der Waals surface area contributed by atoms with E-state index in [9.17, 15) is 9.59 Å². The van der Waals surface area contributed by atoms with E-state index in [0.717, 1.165) is 58.9 Å². The summed E-state index contributed by atoms with van der Waals surface area (Å²) in [6, 6.07) is 13.8. The van der Waals surface area contributed by atoms with E-state index in [1.54, 1.807) is 12.5 Å². The molecule has 190 valence electrons. The highest BCUT2D eigenvalue weighted by Gasteiger charge is 2.24. The van der Waals surface area contributed by atoms with E-state index in [0.29, 0.717) is 18.7 Å². The zero-order valence-corrected chi connectivity index (χ0v) is 21.8. The number of hydrogen-bond donors (Lipinski definition) is 2. The first-order valence-corrected chi connectivity index (χ1v) is 13.1. The Balaban J connectivity index is 1.19. The Labute approximate surface area is 216 Å². The topological polar surface area (TPSA) is 89.6 Å². The van der Waals surface area contributed by atoms with Crippen molar-refractivity contribution in [3.05, 3.63) is 75.2 Å². The first-order valence-electron chi connectivity index (χ1n) is 12.3. The van der Waals surface area contributed by atoms with Crippen molar-refractivity contribution in [3.8, 4) is 11.5 Å². The molecule has 0 saturated heterocycles. The van der Waals surface area contributed by atoms with E-state index in [-0.39, 0.29) is 23.9 Å². The summed E-state index contributed by atoms with van der Waals surface area (Å²) in [6.07, 6.45) is 3.68. The SMILES string of the molecule is COc1ccc(CC(=O)NC2CCC(NC(=O)c3csc(COc4cc(C)cc(C)c4)n3)CC2)cc1. The minimum Gasteiger partial charge on any atom is -0.497 e. The molecule has 2 aromatic carbocycles. The molecule has 1 aromatic heterocycles. The molecule has 0 unspecified atom stereocenters. The number of hydrogen-bond acceptors (Lipinski definition) is 6. The molecular weight excluding hydrogens is 474 g/mol. The molecule has 1 aliphatic carbocycles. The molecule has 0 bridgehead atoms. The number of methoxy groups -OCH3 is 1. The molecule has 3 aromatic rings. The predicted octanol–water partition coefficient (Wildman–Crippen LogP) is 4.75. The summed E-state index contributed by atoms with van der Waals surface area (Å²) in [4.78, 5) is 29.6. The molecule has 7 nitrogen and oxygen atoms in total. The van der Waals surface area contributed by atoms with Crippen LogP contribution in [0.4, 0.5) is 0 Å². The molecule has 0 spiro atoms. The Bertz CT molecular complexity index is 1160. The first-order chi connectivity index (χ1) is 17.4. The summed E-state index contributed by atoms with van der Waals surface area (Å²) in [6.45, 7) is 4.41. The number of aromatic nitrogens is 1. The average molecular weight is 508 g/mol. The van der Waals surface area contributed by atoms with Crippen LogP contribution < -0.4 is 20.1 Å². The number of nitrogens with one attached hydrogen (secondary N) is 2. The molecule has 1 saturated carbocycles. The minimum absolute atomic E-state index is 0.0192. The van der Waals surface area contributed by atoms with Gasteiger partial charge in [-0.2, -0.15) is 0 Å². The fraction of sp³-hybridized carbons (Fsp3) is 0.393. The quantitative estimate of drug-likeness (QED) is 0.436. The molecular formula is C28H33N3O4S. The molecule has 2 N–H and O–H groups in total. The number of rotatable bonds is 9. The Morgan fingerprint density at radius 3 is 2.22 bits per heavy atom. The largest absolute Gasteiger partial charge is 0.497 e. The summed E-state index contributed by atoms with van der Waals surface area (Å²) in [5.41, 5.74) is 3.68. The van der Waals surface area contributed by atoms with Gasteiger partial charge in [0.1, 0.15) is 28.8 Å². The molecule has 4 rings (SSSR count). The maximum atomic E-state index is 12.7. The van der Waals surface area contributed by atoms with Gasteiger partial charge in [-0.05, 0) is 80.5 Å². The smallest absolute Gasteiger partial charge is 0.270 e. The normalized spacial score (nSPS) is 17.3. The number of aryl methyl sites for hydroxylation is 2. The van der Waals surface area contributed by atoms with Crippen LogP contribution in [0.3, 0.4) is 0 Å². The summed E-state index contributed by atoms with van der Waals surface area (Å²) in [5, 5.41) is 8.78. The Morgan fingerprint density at radius 1 is 0.944 bits per heavy atom. The van der Waals surface area contributed by atoms with Crippen molar-refractivity contribution >= 4 is 23.2 Å². The van der Waals surface area contributed by atoms with E-state index in [1.165, 1.54) is 11.3 Å². The maximum Gasteiger partial charge on any atom is 0.270 e. The second-order valence-corrected chi connectivity index (χ2v) is 10.3. The van der Waals surface area contributed by atoms with Crippen molar-refractivity contribution < 1.29 is 19.1 Å². The number of thiazole rings is 1. The molecule has 2 amide bonds. The summed E-state index contributed by atoms with van der Waals surface area (Å²) >= 11 is 1.43. The van der Waals surface area contributed by atoms with Crippen molar-refractivity contribution in [1.82, 2.24) is 15.6 Å². The lowest BCUT2D eigenvalue weighted by atomic mass is 9.91. The van der Waals surface area contributed by atoms with Crippen molar-refractivity contribution in [3.63, 3.8) is 0 Å². The van der Waals surface area contributed by atoms with Crippen LogP contribution in [0.2, 0.25) is 0 Å². The van der Waals surface area contributed by atoms with Crippen molar-refractivity contribution in [2.75, 3.05) is 7.11 Å². The third kappa shape index (κ3) is 7.31. The molecule has 1 fully saturated rings. The highest BCUT2D eigenvalue weighted by Crippen LogP contribution is 2.21. The van der Waals surface area contributed by atoms with Crippen LogP contribution in [-0.4, -0.2) is 36.0 Å². The third-order valence-electron chi connectivity index (χ3n) is 6.29. The summed E-state index contributed by atoms with van der Waals surface area (Å²) < 4.78 is 11.0. The van der Waals surface area contributed by atoms with Gasteiger partial charge in [0.25, 0.3) is 5.91 Å². The number of carbonyl (C=O) groups excluding carboxylic acids is 2. The summed E-state index contributed by atoms with van der Waals surface area (Å²) in [5.74, 6) is 1.45. The Hall–Kier alpha value is -3.39. The highest BCUT2D eigenvalue weighted by atomic mass is 32.1. The molecule has 0 atom stereocenters. The van der Waals surface area contributed by atoms with Crippen LogP contribution in [0.5, 0.6) is 11.5 Å². The third-order valence-corrected chi connectivity index (χ3v) is 7.12. The van der Waals surface area contributed by atoms with Crippen molar-refractivity contribution in [2.24, 2.45) is 0 Å². The van der Waals surface area contributed by atoms with Crippen LogP contribution in [-0.2, 0) is 17.8 Å². The van der Waals surface area contributed by atoms with Gasteiger partial charge in [0.05, 0.1) is 13.5 Å². The number of amides is 2. The molecule has 1 aliphatic rings. The van der Waals surface area contributed by atoms with Crippen molar-refractivity contribution in [1.29, 1.82) is 0 Å². The van der Waals surface area contributed by atoms with Gasteiger partial charge in [-0.3, -0.25) is 9.59 Å². The van der Waals surface area contributed by atoms with Crippen LogP contribution in [0.15, 0.2) is 47.8 Å². The van der Waals surface area contributed by atoms with E-state index < -0.39 is 0 Å². The lowest BCUT2D eigenvalue weighted by Gasteiger charge is -2.29. The monoisotopic (exact) mass is 507 g/mol. The fourth-order valence-corrected chi connectivity index (χ4v) is 5.18. The van der Waals surface area contributed by atoms with Gasteiger partial charge in [-0.25, -0.2) is 4.98 Å². The van der Waals surface area contributed by atoms with Gasteiger partial charge in [-0.1, -0.05) is 18.2 Å². The Kier molecular flexibility index (Phi) is 8.59.